The van der Waals surface area contributed by atoms with E-state index >= 15 is 0 Å². The third-order valence-corrected chi connectivity index (χ3v) is 3.03. The summed E-state index contributed by atoms with van der Waals surface area (Å²) in [6.07, 6.45) is 1.42. The molecule has 1 aromatic heterocycles. The molecule has 1 N–H and O–H groups in total. The normalized spacial score (nSPS) is 12.9. The molecule has 1 rings (SSSR count). The Labute approximate surface area is 111 Å². The van der Waals surface area contributed by atoms with Gasteiger partial charge in [-0.15, -0.1) is 0 Å². The molecule has 1 atom stereocenters. The van der Waals surface area contributed by atoms with Crippen molar-refractivity contribution < 1.29 is 4.74 Å². The lowest BCUT2D eigenvalue weighted by Crippen LogP contribution is -2.17. The van der Waals surface area contributed by atoms with Gasteiger partial charge in [-0.25, -0.2) is 0 Å². The number of hydrogen-bond acceptors (Lipinski definition) is 3. The largest absolute Gasteiger partial charge is 0.372 e. The van der Waals surface area contributed by atoms with Crippen LogP contribution in [0.4, 0.5) is 0 Å². The Kier molecular flexibility index (Phi) is 6.91. The predicted octanol–water partition coefficient (Wildman–Crippen LogP) is 3.14. The van der Waals surface area contributed by atoms with Crippen LogP contribution in [-0.4, -0.2) is 17.6 Å². The van der Waals surface area contributed by atoms with Crippen molar-refractivity contribution in [2.75, 3.05) is 6.54 Å². The molecule has 0 spiro atoms. The lowest BCUT2D eigenvalue weighted by molar-refractivity contribution is 0.0217. The summed E-state index contributed by atoms with van der Waals surface area (Å²) in [5, 5.41) is 3.36. The van der Waals surface area contributed by atoms with E-state index in [0.717, 1.165) is 30.9 Å². The first-order valence-corrected chi connectivity index (χ1v) is 6.90. The Morgan fingerprint density at radius 1 is 1.22 bits per heavy atom. The number of pyridine rings is 1. The van der Waals surface area contributed by atoms with Gasteiger partial charge >= 0.3 is 0 Å². The lowest BCUT2D eigenvalue weighted by atomic mass is 10.1. The molecule has 0 bridgehead atoms. The van der Waals surface area contributed by atoms with Gasteiger partial charge in [0.15, 0.2) is 0 Å². The third kappa shape index (κ3) is 5.61. The SMILES string of the molecule is CCCNCc1cccc(COC(C)C(C)C)n1. The minimum absolute atomic E-state index is 0.272. The van der Waals surface area contributed by atoms with Crippen LogP contribution >= 0.6 is 0 Å². The van der Waals surface area contributed by atoms with Crippen molar-refractivity contribution >= 4 is 0 Å². The summed E-state index contributed by atoms with van der Waals surface area (Å²) in [5.41, 5.74) is 2.10. The van der Waals surface area contributed by atoms with Crippen molar-refractivity contribution in [3.05, 3.63) is 29.6 Å². The molecule has 3 nitrogen and oxygen atoms in total. The molecule has 0 aliphatic carbocycles. The van der Waals surface area contributed by atoms with Gasteiger partial charge in [0.2, 0.25) is 0 Å². The van der Waals surface area contributed by atoms with E-state index in [-0.39, 0.29) is 6.10 Å². The Hall–Kier alpha value is -0.930. The number of ether oxygens (including phenoxy) is 1. The molecule has 18 heavy (non-hydrogen) atoms. The highest BCUT2D eigenvalue weighted by molar-refractivity contribution is 5.10. The molecule has 102 valence electrons. The van der Waals surface area contributed by atoms with Gasteiger partial charge in [-0.2, -0.15) is 0 Å². The van der Waals surface area contributed by atoms with E-state index in [1.54, 1.807) is 0 Å². The van der Waals surface area contributed by atoms with E-state index in [4.69, 9.17) is 4.74 Å². The monoisotopic (exact) mass is 250 g/mol. The molecule has 1 aromatic rings. The molecule has 0 aliphatic heterocycles. The molecule has 0 radical (unpaired) electrons. The molecule has 0 saturated carbocycles. The minimum Gasteiger partial charge on any atom is -0.372 e. The van der Waals surface area contributed by atoms with E-state index in [2.05, 4.69) is 50.1 Å². The topological polar surface area (TPSA) is 34.1 Å². The van der Waals surface area contributed by atoms with E-state index in [1.165, 1.54) is 0 Å². The highest BCUT2D eigenvalue weighted by Gasteiger charge is 2.07. The van der Waals surface area contributed by atoms with Gasteiger partial charge in [0.05, 0.1) is 24.1 Å². The Bertz CT molecular complexity index is 339. The summed E-state index contributed by atoms with van der Waals surface area (Å²) in [7, 11) is 0. The van der Waals surface area contributed by atoms with E-state index in [9.17, 15) is 0 Å². The second kappa shape index (κ2) is 8.22. The Morgan fingerprint density at radius 2 is 1.94 bits per heavy atom. The van der Waals surface area contributed by atoms with Crippen molar-refractivity contribution in [2.45, 2.75) is 53.4 Å². The summed E-state index contributed by atoms with van der Waals surface area (Å²) >= 11 is 0. The molecular formula is C15H26N2O. The first kappa shape index (κ1) is 15.1. The maximum absolute atomic E-state index is 5.79. The first-order valence-electron chi connectivity index (χ1n) is 6.90. The van der Waals surface area contributed by atoms with Crippen LogP contribution in [0.1, 0.15) is 45.5 Å². The molecule has 0 aromatic carbocycles. The van der Waals surface area contributed by atoms with Gasteiger partial charge in [0, 0.05) is 6.54 Å². The van der Waals surface area contributed by atoms with Crippen LogP contribution in [0.25, 0.3) is 0 Å². The van der Waals surface area contributed by atoms with Crippen LogP contribution in [0, 0.1) is 5.92 Å². The van der Waals surface area contributed by atoms with Crippen LogP contribution in [0.15, 0.2) is 18.2 Å². The standard InChI is InChI=1S/C15H26N2O/c1-5-9-16-10-14-7-6-8-15(17-14)11-18-13(4)12(2)3/h6-8,12-13,16H,5,9-11H2,1-4H3. The fraction of sp³-hybridized carbons (Fsp3) is 0.667. The van der Waals surface area contributed by atoms with Crippen LogP contribution in [0.2, 0.25) is 0 Å². The van der Waals surface area contributed by atoms with Crippen LogP contribution in [-0.2, 0) is 17.9 Å². The molecule has 3 heteroatoms. The van der Waals surface area contributed by atoms with Gasteiger partial charge in [-0.1, -0.05) is 26.8 Å². The summed E-state index contributed by atoms with van der Waals surface area (Å²) < 4.78 is 5.79. The van der Waals surface area contributed by atoms with Crippen molar-refractivity contribution in [1.82, 2.24) is 10.3 Å². The maximum atomic E-state index is 5.79. The Morgan fingerprint density at radius 3 is 2.61 bits per heavy atom. The smallest absolute Gasteiger partial charge is 0.0891 e. The van der Waals surface area contributed by atoms with Gasteiger partial charge in [-0.3, -0.25) is 4.98 Å². The number of rotatable bonds is 8. The summed E-state index contributed by atoms with van der Waals surface area (Å²) in [4.78, 5) is 4.59. The minimum atomic E-state index is 0.272. The predicted molar refractivity (Wildman–Crippen MR) is 75.3 cm³/mol. The lowest BCUT2D eigenvalue weighted by Gasteiger charge is -2.16. The second-order valence-electron chi connectivity index (χ2n) is 5.06. The highest BCUT2D eigenvalue weighted by Crippen LogP contribution is 2.09. The summed E-state index contributed by atoms with van der Waals surface area (Å²) in [6, 6.07) is 6.13. The Balaban J connectivity index is 2.44. The maximum Gasteiger partial charge on any atom is 0.0891 e. The molecule has 0 aliphatic rings. The molecule has 0 saturated heterocycles. The fourth-order valence-corrected chi connectivity index (χ4v) is 1.51. The van der Waals surface area contributed by atoms with Gasteiger partial charge in [-0.05, 0) is 37.9 Å². The van der Waals surface area contributed by atoms with Crippen molar-refractivity contribution in [1.29, 1.82) is 0 Å². The second-order valence-corrected chi connectivity index (χ2v) is 5.06. The summed E-state index contributed by atoms with van der Waals surface area (Å²) in [6.45, 7) is 11.1. The molecule has 0 fully saturated rings. The summed E-state index contributed by atoms with van der Waals surface area (Å²) in [5.74, 6) is 0.541. The average Bonchev–Trinajstić information content (AvgIpc) is 2.36. The number of aromatic nitrogens is 1. The molecule has 0 amide bonds. The average molecular weight is 250 g/mol. The van der Waals surface area contributed by atoms with Gasteiger partial charge < -0.3 is 10.1 Å². The van der Waals surface area contributed by atoms with E-state index in [0.29, 0.717) is 12.5 Å². The number of hydrogen-bond donors (Lipinski definition) is 1. The van der Waals surface area contributed by atoms with Crippen molar-refractivity contribution in [2.24, 2.45) is 5.92 Å². The van der Waals surface area contributed by atoms with E-state index in [1.807, 2.05) is 6.07 Å². The van der Waals surface area contributed by atoms with Gasteiger partial charge in [0.25, 0.3) is 0 Å². The van der Waals surface area contributed by atoms with Crippen molar-refractivity contribution in [3.63, 3.8) is 0 Å². The zero-order chi connectivity index (χ0) is 13.4. The molecule has 1 heterocycles. The number of nitrogens with one attached hydrogen (secondary N) is 1. The van der Waals surface area contributed by atoms with Crippen molar-refractivity contribution in [3.8, 4) is 0 Å². The fourth-order valence-electron chi connectivity index (χ4n) is 1.51. The van der Waals surface area contributed by atoms with Crippen LogP contribution in [0.3, 0.4) is 0 Å². The molecule has 1 unspecified atom stereocenters. The third-order valence-electron chi connectivity index (χ3n) is 3.03. The number of nitrogens with zero attached hydrogens (tertiary/aromatic N) is 1. The van der Waals surface area contributed by atoms with Crippen LogP contribution < -0.4 is 5.32 Å². The zero-order valence-corrected chi connectivity index (χ0v) is 12.1. The highest BCUT2D eigenvalue weighted by atomic mass is 16.5. The quantitative estimate of drug-likeness (QED) is 0.720. The van der Waals surface area contributed by atoms with Crippen LogP contribution in [0.5, 0.6) is 0 Å². The molecular weight excluding hydrogens is 224 g/mol. The van der Waals surface area contributed by atoms with E-state index < -0.39 is 0 Å². The first-order chi connectivity index (χ1) is 8.63. The van der Waals surface area contributed by atoms with Gasteiger partial charge in [0.1, 0.15) is 0 Å². The zero-order valence-electron chi connectivity index (χ0n) is 12.1.